The lowest BCUT2D eigenvalue weighted by Crippen LogP contribution is -2.36. The summed E-state index contributed by atoms with van der Waals surface area (Å²) in [4.78, 5) is 14.4. The van der Waals surface area contributed by atoms with Crippen molar-refractivity contribution in [2.45, 2.75) is 25.4 Å². The highest BCUT2D eigenvalue weighted by Gasteiger charge is 2.27. The second kappa shape index (κ2) is 8.12. The van der Waals surface area contributed by atoms with E-state index in [0.29, 0.717) is 12.1 Å². The normalized spacial score (nSPS) is 17.4. The van der Waals surface area contributed by atoms with Gasteiger partial charge in [-0.15, -0.1) is 0 Å². The van der Waals surface area contributed by atoms with E-state index in [1.165, 1.54) is 11.6 Å². The molecule has 0 aliphatic carbocycles. The number of hydrogen-bond acceptors (Lipinski definition) is 3. The van der Waals surface area contributed by atoms with Crippen molar-refractivity contribution in [2.75, 3.05) is 20.2 Å². The molecule has 25 heavy (non-hydrogen) atoms. The van der Waals surface area contributed by atoms with E-state index in [2.05, 4.69) is 22.3 Å². The van der Waals surface area contributed by atoms with Crippen molar-refractivity contribution in [3.8, 4) is 5.75 Å². The SMILES string of the molecule is COc1ccc([C@H]2CCCN2CC(=O)NCc2ccccc2F)cc1. The van der Waals surface area contributed by atoms with Gasteiger partial charge in [-0.2, -0.15) is 0 Å². The average Bonchev–Trinajstić information content (AvgIpc) is 3.09. The molecule has 1 amide bonds. The van der Waals surface area contributed by atoms with Gasteiger partial charge in [0.25, 0.3) is 0 Å². The van der Waals surface area contributed by atoms with E-state index < -0.39 is 0 Å². The minimum atomic E-state index is -0.292. The van der Waals surface area contributed by atoms with Crippen LogP contribution in [0.5, 0.6) is 5.75 Å². The number of nitrogens with one attached hydrogen (secondary N) is 1. The van der Waals surface area contributed by atoms with E-state index in [1.807, 2.05) is 12.1 Å². The van der Waals surface area contributed by atoms with Gasteiger partial charge < -0.3 is 10.1 Å². The number of carbonyl (C=O) groups excluding carboxylic acids is 1. The number of halogens is 1. The Balaban J connectivity index is 1.57. The second-order valence-corrected chi connectivity index (χ2v) is 6.27. The van der Waals surface area contributed by atoms with Crippen molar-refractivity contribution in [2.24, 2.45) is 0 Å². The van der Waals surface area contributed by atoms with Gasteiger partial charge in [-0.1, -0.05) is 30.3 Å². The molecule has 1 saturated heterocycles. The van der Waals surface area contributed by atoms with E-state index in [4.69, 9.17) is 4.74 Å². The van der Waals surface area contributed by atoms with E-state index >= 15 is 0 Å². The lowest BCUT2D eigenvalue weighted by Gasteiger charge is -2.24. The van der Waals surface area contributed by atoms with Crippen molar-refractivity contribution in [3.63, 3.8) is 0 Å². The van der Waals surface area contributed by atoms with Gasteiger partial charge in [0.05, 0.1) is 13.7 Å². The Morgan fingerprint density at radius 1 is 1.24 bits per heavy atom. The second-order valence-electron chi connectivity index (χ2n) is 6.27. The van der Waals surface area contributed by atoms with E-state index in [1.54, 1.807) is 25.3 Å². The van der Waals surface area contributed by atoms with Gasteiger partial charge in [0.2, 0.25) is 5.91 Å². The molecule has 2 aromatic carbocycles. The minimum Gasteiger partial charge on any atom is -0.497 e. The summed E-state index contributed by atoms with van der Waals surface area (Å²) in [7, 11) is 1.65. The van der Waals surface area contributed by atoms with E-state index in [0.717, 1.165) is 25.1 Å². The fraction of sp³-hybridized carbons (Fsp3) is 0.350. The molecule has 1 aliphatic heterocycles. The molecule has 0 bridgehead atoms. The lowest BCUT2D eigenvalue weighted by molar-refractivity contribution is -0.122. The number of ether oxygens (including phenoxy) is 1. The van der Waals surface area contributed by atoms with Gasteiger partial charge >= 0.3 is 0 Å². The summed E-state index contributed by atoms with van der Waals surface area (Å²) in [5.74, 6) is 0.458. The topological polar surface area (TPSA) is 41.6 Å². The van der Waals surface area contributed by atoms with Crippen LogP contribution in [0.1, 0.15) is 30.0 Å². The van der Waals surface area contributed by atoms with Crippen LogP contribution in [-0.2, 0) is 11.3 Å². The average molecular weight is 342 g/mol. The smallest absolute Gasteiger partial charge is 0.234 e. The molecule has 4 nitrogen and oxygen atoms in total. The molecule has 1 N–H and O–H groups in total. The molecular formula is C20H23FN2O2. The first kappa shape index (κ1) is 17.4. The summed E-state index contributed by atoms with van der Waals surface area (Å²) in [6, 6.07) is 14.7. The quantitative estimate of drug-likeness (QED) is 0.876. The molecule has 1 fully saturated rings. The van der Waals surface area contributed by atoms with Crippen LogP contribution in [0.15, 0.2) is 48.5 Å². The van der Waals surface area contributed by atoms with Crippen LogP contribution in [0.4, 0.5) is 4.39 Å². The fourth-order valence-electron chi connectivity index (χ4n) is 3.29. The van der Waals surface area contributed by atoms with Crippen LogP contribution in [0.25, 0.3) is 0 Å². The third-order valence-electron chi connectivity index (χ3n) is 4.64. The summed E-state index contributed by atoms with van der Waals surface area (Å²) in [5, 5.41) is 2.82. The molecule has 5 heteroatoms. The zero-order valence-electron chi connectivity index (χ0n) is 14.4. The molecule has 1 atom stereocenters. The number of benzene rings is 2. The molecule has 1 aliphatic rings. The predicted octanol–water partition coefficient (Wildman–Crippen LogP) is 3.29. The van der Waals surface area contributed by atoms with Crippen LogP contribution < -0.4 is 10.1 Å². The molecule has 1 heterocycles. The molecular weight excluding hydrogens is 319 g/mol. The molecule has 132 valence electrons. The molecule has 0 spiro atoms. The fourth-order valence-corrected chi connectivity index (χ4v) is 3.29. The van der Waals surface area contributed by atoms with Gasteiger partial charge in [0, 0.05) is 18.2 Å². The van der Waals surface area contributed by atoms with Gasteiger partial charge in [0.1, 0.15) is 11.6 Å². The third kappa shape index (κ3) is 4.37. The van der Waals surface area contributed by atoms with Crippen molar-refractivity contribution in [3.05, 3.63) is 65.5 Å². The van der Waals surface area contributed by atoms with Crippen LogP contribution in [-0.4, -0.2) is 31.0 Å². The Bertz CT molecular complexity index is 718. The summed E-state index contributed by atoms with van der Waals surface area (Å²) in [5.41, 5.74) is 1.70. The van der Waals surface area contributed by atoms with E-state index in [9.17, 15) is 9.18 Å². The maximum Gasteiger partial charge on any atom is 0.234 e. The number of nitrogens with zero attached hydrogens (tertiary/aromatic N) is 1. The molecule has 0 radical (unpaired) electrons. The molecule has 0 aromatic heterocycles. The largest absolute Gasteiger partial charge is 0.497 e. The zero-order valence-corrected chi connectivity index (χ0v) is 14.4. The van der Waals surface area contributed by atoms with Crippen LogP contribution in [0, 0.1) is 5.82 Å². The maximum atomic E-state index is 13.6. The first-order valence-corrected chi connectivity index (χ1v) is 8.55. The highest BCUT2D eigenvalue weighted by atomic mass is 19.1. The number of amides is 1. The van der Waals surface area contributed by atoms with Crippen LogP contribution in [0.2, 0.25) is 0 Å². The number of rotatable bonds is 6. The van der Waals surface area contributed by atoms with Crippen LogP contribution >= 0.6 is 0 Å². The first-order valence-electron chi connectivity index (χ1n) is 8.55. The zero-order chi connectivity index (χ0) is 17.6. The van der Waals surface area contributed by atoms with Crippen molar-refractivity contribution in [1.82, 2.24) is 10.2 Å². The Hall–Kier alpha value is -2.40. The monoisotopic (exact) mass is 342 g/mol. The number of carbonyl (C=O) groups is 1. The molecule has 2 aromatic rings. The highest BCUT2D eigenvalue weighted by Crippen LogP contribution is 2.32. The van der Waals surface area contributed by atoms with Gasteiger partial charge in [-0.05, 0) is 43.1 Å². The molecule has 0 saturated carbocycles. The number of methoxy groups -OCH3 is 1. The Morgan fingerprint density at radius 2 is 2.00 bits per heavy atom. The highest BCUT2D eigenvalue weighted by molar-refractivity contribution is 5.78. The molecule has 3 rings (SSSR count). The summed E-state index contributed by atoms with van der Waals surface area (Å²) in [6.07, 6.45) is 2.10. The first-order chi connectivity index (χ1) is 12.2. The maximum absolute atomic E-state index is 13.6. The van der Waals surface area contributed by atoms with Gasteiger partial charge in [-0.3, -0.25) is 9.69 Å². The summed E-state index contributed by atoms with van der Waals surface area (Å²) >= 11 is 0. The Labute approximate surface area is 147 Å². The van der Waals surface area contributed by atoms with Crippen molar-refractivity contribution >= 4 is 5.91 Å². The third-order valence-corrected chi connectivity index (χ3v) is 4.64. The van der Waals surface area contributed by atoms with Crippen LogP contribution in [0.3, 0.4) is 0 Å². The standard InChI is InChI=1S/C20H23FN2O2/c1-25-17-10-8-15(9-11-17)19-7-4-12-23(19)14-20(24)22-13-16-5-2-3-6-18(16)21/h2-3,5-6,8-11,19H,4,7,12-14H2,1H3,(H,22,24)/t19-/m1/s1. The lowest BCUT2D eigenvalue weighted by atomic mass is 10.0. The Morgan fingerprint density at radius 3 is 2.72 bits per heavy atom. The Kier molecular flexibility index (Phi) is 5.66. The summed E-state index contributed by atoms with van der Waals surface area (Å²) < 4.78 is 18.8. The number of hydrogen-bond donors (Lipinski definition) is 1. The minimum absolute atomic E-state index is 0.0799. The van der Waals surface area contributed by atoms with Crippen molar-refractivity contribution < 1.29 is 13.9 Å². The van der Waals surface area contributed by atoms with Gasteiger partial charge in [0.15, 0.2) is 0 Å². The van der Waals surface area contributed by atoms with Crippen molar-refractivity contribution in [1.29, 1.82) is 0 Å². The van der Waals surface area contributed by atoms with Gasteiger partial charge in [-0.25, -0.2) is 4.39 Å². The molecule has 0 unspecified atom stereocenters. The number of likely N-dealkylation sites (tertiary alicyclic amines) is 1. The predicted molar refractivity (Wildman–Crippen MR) is 94.8 cm³/mol. The summed E-state index contributed by atoms with van der Waals surface area (Å²) in [6.45, 7) is 1.43. The van der Waals surface area contributed by atoms with E-state index in [-0.39, 0.29) is 24.3 Å².